The lowest BCUT2D eigenvalue weighted by atomic mass is 10.2. The molecule has 1 N–H and O–H groups in total. The fraction of sp³-hybridized carbons (Fsp3) is 0.571. The van der Waals surface area contributed by atoms with Crippen molar-refractivity contribution in [1.29, 1.82) is 0 Å². The number of ether oxygens (including phenoxy) is 1. The van der Waals surface area contributed by atoms with E-state index in [1.165, 1.54) is 19.3 Å². The van der Waals surface area contributed by atoms with Crippen LogP contribution in [-0.4, -0.2) is 24.7 Å². The zero-order chi connectivity index (χ0) is 14.1. The molecule has 0 aromatic heterocycles. The quantitative estimate of drug-likeness (QED) is 0.671. The first-order valence-corrected chi connectivity index (χ1v) is 6.71. The SMILES string of the molecule is C1CCOCC1.CCNc1ccc(C)cc1[N+](=O)[O-]. The molecule has 1 aliphatic heterocycles. The number of hydrogen-bond acceptors (Lipinski definition) is 4. The molecule has 1 aromatic carbocycles. The van der Waals surface area contributed by atoms with Crippen LogP contribution in [0, 0.1) is 17.0 Å². The Morgan fingerprint density at radius 1 is 1.32 bits per heavy atom. The maximum Gasteiger partial charge on any atom is 0.292 e. The third-order valence-corrected chi connectivity index (χ3v) is 2.79. The van der Waals surface area contributed by atoms with Crippen LogP contribution in [-0.2, 0) is 4.74 Å². The van der Waals surface area contributed by atoms with Gasteiger partial charge in [-0.1, -0.05) is 6.07 Å². The number of hydrogen-bond donors (Lipinski definition) is 1. The van der Waals surface area contributed by atoms with Crippen LogP contribution in [0.5, 0.6) is 0 Å². The van der Waals surface area contributed by atoms with Crippen LogP contribution in [0.1, 0.15) is 31.7 Å². The highest BCUT2D eigenvalue weighted by molar-refractivity contribution is 5.62. The molecule has 1 aliphatic rings. The highest BCUT2D eigenvalue weighted by Crippen LogP contribution is 2.24. The van der Waals surface area contributed by atoms with Crippen molar-refractivity contribution in [2.24, 2.45) is 0 Å². The van der Waals surface area contributed by atoms with Gasteiger partial charge in [0.2, 0.25) is 0 Å². The molecule has 19 heavy (non-hydrogen) atoms. The summed E-state index contributed by atoms with van der Waals surface area (Å²) in [6.07, 6.45) is 3.93. The van der Waals surface area contributed by atoms with Crippen molar-refractivity contribution in [1.82, 2.24) is 0 Å². The second-order valence-electron chi connectivity index (χ2n) is 4.48. The fourth-order valence-electron chi connectivity index (χ4n) is 1.82. The van der Waals surface area contributed by atoms with Gasteiger partial charge in [0.1, 0.15) is 5.69 Å². The zero-order valence-electron chi connectivity index (χ0n) is 11.6. The Kier molecular flexibility index (Phi) is 6.89. The first-order chi connectivity index (χ1) is 9.15. The van der Waals surface area contributed by atoms with Gasteiger partial charge in [0.15, 0.2) is 0 Å². The summed E-state index contributed by atoms with van der Waals surface area (Å²) in [5.41, 5.74) is 1.62. The number of nitrogens with one attached hydrogen (secondary N) is 1. The predicted molar refractivity (Wildman–Crippen MR) is 76.7 cm³/mol. The van der Waals surface area contributed by atoms with Gasteiger partial charge in [-0.2, -0.15) is 0 Å². The Morgan fingerprint density at radius 3 is 2.42 bits per heavy atom. The van der Waals surface area contributed by atoms with E-state index in [1.54, 1.807) is 12.1 Å². The molecular weight excluding hydrogens is 244 g/mol. The molecule has 0 bridgehead atoms. The number of nitro groups is 1. The van der Waals surface area contributed by atoms with Crippen LogP contribution in [0.15, 0.2) is 18.2 Å². The first-order valence-electron chi connectivity index (χ1n) is 6.71. The van der Waals surface area contributed by atoms with E-state index in [9.17, 15) is 10.1 Å². The van der Waals surface area contributed by atoms with Gasteiger partial charge in [0.05, 0.1) is 4.92 Å². The number of nitro benzene ring substituents is 1. The summed E-state index contributed by atoms with van der Waals surface area (Å²) in [7, 11) is 0. The normalized spacial score (nSPS) is 14.2. The Morgan fingerprint density at radius 2 is 2.00 bits per heavy atom. The molecule has 0 radical (unpaired) electrons. The molecule has 1 fully saturated rings. The molecule has 0 aliphatic carbocycles. The average Bonchev–Trinajstić information content (AvgIpc) is 2.43. The number of rotatable bonds is 3. The highest BCUT2D eigenvalue weighted by atomic mass is 16.6. The number of aryl methyl sites for hydroxylation is 1. The fourth-order valence-corrected chi connectivity index (χ4v) is 1.82. The van der Waals surface area contributed by atoms with E-state index >= 15 is 0 Å². The monoisotopic (exact) mass is 266 g/mol. The van der Waals surface area contributed by atoms with Crippen LogP contribution < -0.4 is 5.32 Å². The topological polar surface area (TPSA) is 64.4 Å². The third-order valence-electron chi connectivity index (χ3n) is 2.79. The first kappa shape index (κ1) is 15.4. The summed E-state index contributed by atoms with van der Waals surface area (Å²) in [5, 5.41) is 13.6. The van der Waals surface area contributed by atoms with Crippen molar-refractivity contribution < 1.29 is 9.66 Å². The van der Waals surface area contributed by atoms with Crippen LogP contribution in [0.4, 0.5) is 11.4 Å². The van der Waals surface area contributed by atoms with Gasteiger partial charge in [0, 0.05) is 25.8 Å². The van der Waals surface area contributed by atoms with Gasteiger partial charge in [-0.05, 0) is 44.7 Å². The Bertz CT molecular complexity index is 392. The third kappa shape index (κ3) is 5.70. The largest absolute Gasteiger partial charge is 0.381 e. The summed E-state index contributed by atoms with van der Waals surface area (Å²) in [6, 6.07) is 5.15. The maximum absolute atomic E-state index is 10.6. The number of nitrogens with zero attached hydrogens (tertiary/aromatic N) is 1. The molecule has 0 spiro atoms. The molecular formula is C14H22N2O3. The van der Waals surface area contributed by atoms with E-state index in [0.717, 1.165) is 18.8 Å². The minimum atomic E-state index is -0.370. The minimum Gasteiger partial charge on any atom is -0.381 e. The van der Waals surface area contributed by atoms with E-state index in [4.69, 9.17) is 4.74 Å². The summed E-state index contributed by atoms with van der Waals surface area (Å²) in [4.78, 5) is 10.2. The van der Waals surface area contributed by atoms with Gasteiger partial charge in [-0.25, -0.2) is 0 Å². The lowest BCUT2D eigenvalue weighted by Gasteiger charge is -2.08. The van der Waals surface area contributed by atoms with Crippen molar-refractivity contribution in [2.75, 3.05) is 25.1 Å². The van der Waals surface area contributed by atoms with E-state index in [0.29, 0.717) is 12.2 Å². The van der Waals surface area contributed by atoms with Gasteiger partial charge in [-0.15, -0.1) is 0 Å². The van der Waals surface area contributed by atoms with Crippen molar-refractivity contribution in [3.8, 4) is 0 Å². The molecule has 5 heteroatoms. The second-order valence-corrected chi connectivity index (χ2v) is 4.48. The summed E-state index contributed by atoms with van der Waals surface area (Å²) < 4.78 is 5.07. The molecule has 2 rings (SSSR count). The molecule has 0 unspecified atom stereocenters. The van der Waals surface area contributed by atoms with Crippen molar-refractivity contribution in [2.45, 2.75) is 33.1 Å². The van der Waals surface area contributed by atoms with Crippen molar-refractivity contribution in [3.05, 3.63) is 33.9 Å². The van der Waals surface area contributed by atoms with Crippen LogP contribution in [0.3, 0.4) is 0 Å². The van der Waals surface area contributed by atoms with Gasteiger partial charge >= 0.3 is 0 Å². The summed E-state index contributed by atoms with van der Waals surface area (Å²) in [5.74, 6) is 0. The minimum absolute atomic E-state index is 0.141. The van der Waals surface area contributed by atoms with Crippen LogP contribution in [0.2, 0.25) is 0 Å². The molecule has 1 saturated heterocycles. The molecule has 0 saturated carbocycles. The van der Waals surface area contributed by atoms with Gasteiger partial charge in [0.25, 0.3) is 5.69 Å². The molecule has 5 nitrogen and oxygen atoms in total. The van der Waals surface area contributed by atoms with E-state index in [2.05, 4.69) is 5.32 Å². The lowest BCUT2D eigenvalue weighted by molar-refractivity contribution is -0.384. The maximum atomic E-state index is 10.6. The smallest absolute Gasteiger partial charge is 0.292 e. The van der Waals surface area contributed by atoms with Crippen molar-refractivity contribution in [3.63, 3.8) is 0 Å². The molecule has 106 valence electrons. The van der Waals surface area contributed by atoms with Crippen LogP contribution >= 0.6 is 0 Å². The second kappa shape index (κ2) is 8.48. The Labute approximate surface area is 114 Å². The van der Waals surface area contributed by atoms with Gasteiger partial charge < -0.3 is 10.1 Å². The standard InChI is InChI=1S/C9H12N2O2.C5H10O/c1-3-10-8-5-4-7(2)6-9(8)11(12)13;1-2-4-6-5-3-1/h4-6,10H,3H2,1-2H3;1-5H2. The lowest BCUT2D eigenvalue weighted by Crippen LogP contribution is -2.03. The van der Waals surface area contributed by atoms with Crippen LogP contribution in [0.25, 0.3) is 0 Å². The molecule has 0 atom stereocenters. The summed E-state index contributed by atoms with van der Waals surface area (Å²) >= 11 is 0. The number of anilines is 1. The van der Waals surface area contributed by atoms with E-state index in [1.807, 2.05) is 19.9 Å². The van der Waals surface area contributed by atoms with Crippen molar-refractivity contribution >= 4 is 11.4 Å². The number of benzene rings is 1. The highest BCUT2D eigenvalue weighted by Gasteiger charge is 2.11. The summed E-state index contributed by atoms with van der Waals surface area (Å²) in [6.45, 7) is 6.43. The molecule has 1 aromatic rings. The van der Waals surface area contributed by atoms with E-state index < -0.39 is 0 Å². The average molecular weight is 266 g/mol. The van der Waals surface area contributed by atoms with E-state index in [-0.39, 0.29) is 10.6 Å². The molecule has 1 heterocycles. The zero-order valence-corrected chi connectivity index (χ0v) is 11.6. The Balaban J connectivity index is 0.000000250. The molecule has 0 amide bonds. The predicted octanol–water partition coefficient (Wildman–Crippen LogP) is 3.52. The van der Waals surface area contributed by atoms with Gasteiger partial charge in [-0.3, -0.25) is 10.1 Å². The Hall–Kier alpha value is -1.62.